The number of hydrogen-bond donors (Lipinski definition) is 3. The highest BCUT2D eigenvalue weighted by molar-refractivity contribution is 5.79. The number of morpholine rings is 1. The Bertz CT molecular complexity index is 238. The molecule has 0 saturated carbocycles. The Morgan fingerprint density at radius 3 is 2.53 bits per heavy atom. The van der Waals surface area contributed by atoms with Gasteiger partial charge in [0.25, 0.3) is 0 Å². The van der Waals surface area contributed by atoms with E-state index in [1.54, 1.807) is 0 Å². The highest BCUT2D eigenvalue weighted by atomic mass is 16.5. The molecule has 1 aliphatic rings. The summed E-state index contributed by atoms with van der Waals surface area (Å²) in [6.07, 6.45) is 0. The normalized spacial score (nSPS) is 20.4. The van der Waals surface area contributed by atoms with Gasteiger partial charge in [-0.2, -0.15) is 0 Å². The lowest BCUT2D eigenvalue weighted by atomic mass is 10.3. The molecule has 6 heteroatoms. The molecular weight excluding hydrogens is 218 g/mol. The maximum Gasteiger partial charge on any atom is 0.206 e. The van der Waals surface area contributed by atoms with Crippen molar-refractivity contribution in [3.8, 4) is 0 Å². The smallest absolute Gasteiger partial charge is 0.206 e. The van der Waals surface area contributed by atoms with Crippen molar-refractivity contribution in [3.63, 3.8) is 0 Å². The molecule has 6 nitrogen and oxygen atoms in total. The summed E-state index contributed by atoms with van der Waals surface area (Å²) in [4.78, 5) is 6.88. The van der Waals surface area contributed by atoms with Gasteiger partial charge in [-0.15, -0.1) is 0 Å². The summed E-state index contributed by atoms with van der Waals surface area (Å²) in [6.45, 7) is 10.8. The van der Waals surface area contributed by atoms with Gasteiger partial charge in [0, 0.05) is 25.7 Å². The highest BCUT2D eigenvalue weighted by Crippen LogP contribution is 2.00. The molecule has 0 aliphatic carbocycles. The number of hydrazine groups is 1. The number of guanidine groups is 1. The van der Waals surface area contributed by atoms with Crippen LogP contribution in [0, 0.1) is 0 Å². The Balaban J connectivity index is 2.38. The summed E-state index contributed by atoms with van der Waals surface area (Å²) in [5.41, 5.74) is 2.60. The van der Waals surface area contributed by atoms with E-state index < -0.39 is 0 Å². The van der Waals surface area contributed by atoms with Crippen LogP contribution in [-0.4, -0.2) is 55.8 Å². The van der Waals surface area contributed by atoms with Crippen LogP contribution < -0.4 is 16.6 Å². The monoisotopic (exact) mass is 243 g/mol. The van der Waals surface area contributed by atoms with Gasteiger partial charge in [-0.25, -0.2) is 10.8 Å². The maximum absolute atomic E-state index is 5.43. The number of nitrogens with two attached hydrogens (primary N) is 1. The van der Waals surface area contributed by atoms with Crippen molar-refractivity contribution in [2.45, 2.75) is 32.9 Å². The predicted octanol–water partition coefficient (Wildman–Crippen LogP) is -0.476. The number of rotatable bonds is 4. The first-order valence-corrected chi connectivity index (χ1v) is 6.23. The Labute approximate surface area is 104 Å². The van der Waals surface area contributed by atoms with E-state index in [9.17, 15) is 0 Å². The summed E-state index contributed by atoms with van der Waals surface area (Å²) in [5.74, 6) is 6.08. The third-order valence-electron chi connectivity index (χ3n) is 2.54. The molecule has 0 bridgehead atoms. The van der Waals surface area contributed by atoms with Crippen LogP contribution in [-0.2, 0) is 4.74 Å². The van der Waals surface area contributed by atoms with Gasteiger partial charge in [0.15, 0.2) is 0 Å². The van der Waals surface area contributed by atoms with E-state index in [1.807, 2.05) is 0 Å². The second kappa shape index (κ2) is 7.47. The van der Waals surface area contributed by atoms with Crippen LogP contribution in [0.3, 0.4) is 0 Å². The molecule has 1 heterocycles. The zero-order chi connectivity index (χ0) is 12.7. The summed E-state index contributed by atoms with van der Waals surface area (Å²) in [7, 11) is 0. The zero-order valence-electron chi connectivity index (χ0n) is 11.1. The van der Waals surface area contributed by atoms with Crippen LogP contribution in [0.25, 0.3) is 0 Å². The Morgan fingerprint density at radius 2 is 2.00 bits per heavy atom. The largest absolute Gasteiger partial charge is 0.379 e. The van der Waals surface area contributed by atoms with Crippen molar-refractivity contribution >= 4 is 5.96 Å². The van der Waals surface area contributed by atoms with E-state index >= 15 is 0 Å². The van der Waals surface area contributed by atoms with Crippen molar-refractivity contribution < 1.29 is 4.74 Å². The second-order valence-corrected chi connectivity index (χ2v) is 4.68. The van der Waals surface area contributed by atoms with E-state index in [-0.39, 0.29) is 6.04 Å². The quantitative estimate of drug-likeness (QED) is 0.269. The number of hydrogen-bond acceptors (Lipinski definition) is 4. The highest BCUT2D eigenvalue weighted by Gasteiger charge is 2.13. The van der Waals surface area contributed by atoms with Crippen LogP contribution >= 0.6 is 0 Å². The van der Waals surface area contributed by atoms with Gasteiger partial charge < -0.3 is 10.1 Å². The average molecular weight is 243 g/mol. The minimum Gasteiger partial charge on any atom is -0.379 e. The topological polar surface area (TPSA) is 74.9 Å². The minimum absolute atomic E-state index is 0.213. The summed E-state index contributed by atoms with van der Waals surface area (Å²) in [6, 6.07) is 0.533. The third-order valence-corrected chi connectivity index (χ3v) is 2.54. The molecule has 1 fully saturated rings. The molecule has 1 unspecified atom stereocenters. The van der Waals surface area contributed by atoms with Crippen LogP contribution in [0.5, 0.6) is 0 Å². The molecule has 0 aromatic carbocycles. The van der Waals surface area contributed by atoms with E-state index in [1.165, 1.54) is 0 Å². The molecule has 0 spiro atoms. The van der Waals surface area contributed by atoms with Crippen molar-refractivity contribution in [3.05, 3.63) is 0 Å². The van der Waals surface area contributed by atoms with Crippen molar-refractivity contribution in [1.29, 1.82) is 0 Å². The molecule has 1 rings (SSSR count). The first-order chi connectivity index (χ1) is 8.11. The Morgan fingerprint density at radius 1 is 1.35 bits per heavy atom. The Hall–Kier alpha value is -0.850. The summed E-state index contributed by atoms with van der Waals surface area (Å²) < 4.78 is 5.31. The SMILES string of the molecule is CC(CN1CCOCC1)N=C(NN)NC(C)C. The van der Waals surface area contributed by atoms with Crippen LogP contribution in [0.15, 0.2) is 4.99 Å². The van der Waals surface area contributed by atoms with E-state index in [0.717, 1.165) is 32.8 Å². The lowest BCUT2D eigenvalue weighted by Crippen LogP contribution is -2.46. The van der Waals surface area contributed by atoms with E-state index in [0.29, 0.717) is 12.0 Å². The lowest BCUT2D eigenvalue weighted by Gasteiger charge is -2.28. The van der Waals surface area contributed by atoms with Crippen molar-refractivity contribution in [1.82, 2.24) is 15.6 Å². The molecule has 0 aromatic heterocycles. The van der Waals surface area contributed by atoms with E-state index in [4.69, 9.17) is 10.6 Å². The second-order valence-electron chi connectivity index (χ2n) is 4.68. The fourth-order valence-corrected chi connectivity index (χ4v) is 1.81. The van der Waals surface area contributed by atoms with Gasteiger partial charge in [0.2, 0.25) is 5.96 Å². The molecule has 1 aliphatic heterocycles. The molecule has 1 atom stereocenters. The van der Waals surface area contributed by atoms with Gasteiger partial charge in [-0.05, 0) is 20.8 Å². The number of aliphatic imine (C=N–C) groups is 1. The van der Waals surface area contributed by atoms with Crippen molar-refractivity contribution in [2.24, 2.45) is 10.8 Å². The zero-order valence-corrected chi connectivity index (χ0v) is 11.1. The molecule has 100 valence electrons. The summed E-state index contributed by atoms with van der Waals surface area (Å²) >= 11 is 0. The van der Waals surface area contributed by atoms with E-state index in [2.05, 4.69) is 41.4 Å². The minimum atomic E-state index is 0.213. The predicted molar refractivity (Wildman–Crippen MR) is 69.8 cm³/mol. The number of nitrogens with zero attached hydrogens (tertiary/aromatic N) is 2. The molecule has 17 heavy (non-hydrogen) atoms. The van der Waals surface area contributed by atoms with Gasteiger partial charge in [-0.3, -0.25) is 10.3 Å². The number of ether oxygens (including phenoxy) is 1. The Kier molecular flexibility index (Phi) is 6.25. The first kappa shape index (κ1) is 14.2. The van der Waals surface area contributed by atoms with Crippen molar-refractivity contribution in [2.75, 3.05) is 32.8 Å². The molecule has 0 amide bonds. The fourth-order valence-electron chi connectivity index (χ4n) is 1.81. The van der Waals surface area contributed by atoms with Gasteiger partial charge >= 0.3 is 0 Å². The number of nitrogens with one attached hydrogen (secondary N) is 2. The van der Waals surface area contributed by atoms with Crippen LogP contribution in [0.4, 0.5) is 0 Å². The average Bonchev–Trinajstić information content (AvgIpc) is 2.28. The molecule has 4 N–H and O–H groups in total. The standard InChI is InChI=1S/C11H25N5O/c1-9(2)13-11(15-12)14-10(3)8-16-4-6-17-7-5-16/h9-10H,4-8,12H2,1-3H3,(H2,13,14,15). The molecule has 1 saturated heterocycles. The van der Waals surface area contributed by atoms with Gasteiger partial charge in [-0.1, -0.05) is 0 Å². The summed E-state index contributed by atoms with van der Waals surface area (Å²) in [5, 5.41) is 3.17. The lowest BCUT2D eigenvalue weighted by molar-refractivity contribution is 0.0361. The van der Waals surface area contributed by atoms with Gasteiger partial charge in [0.05, 0.1) is 19.3 Å². The maximum atomic E-state index is 5.43. The van der Waals surface area contributed by atoms with Crippen LogP contribution in [0.1, 0.15) is 20.8 Å². The molecule has 0 aromatic rings. The first-order valence-electron chi connectivity index (χ1n) is 6.23. The molecular formula is C11H25N5O. The molecule has 0 radical (unpaired) electrons. The fraction of sp³-hybridized carbons (Fsp3) is 0.909. The third kappa shape index (κ3) is 5.86. The van der Waals surface area contributed by atoms with Crippen LogP contribution in [0.2, 0.25) is 0 Å². The van der Waals surface area contributed by atoms with Gasteiger partial charge in [0.1, 0.15) is 0 Å².